The summed E-state index contributed by atoms with van der Waals surface area (Å²) in [6.07, 6.45) is 1.11. The molecule has 1 aromatic carbocycles. The molecule has 27 heavy (non-hydrogen) atoms. The molecule has 1 saturated heterocycles. The number of aryl methyl sites for hydroxylation is 1. The maximum absolute atomic E-state index is 12.7. The van der Waals surface area contributed by atoms with Crippen molar-refractivity contribution < 1.29 is 13.2 Å². The molecule has 2 aromatic rings. The third kappa shape index (κ3) is 5.06. The van der Waals surface area contributed by atoms with E-state index in [1.807, 2.05) is 0 Å². The molecular formula is C18H24N4O3S2. The van der Waals surface area contributed by atoms with Crippen LogP contribution in [-0.2, 0) is 10.0 Å². The molecule has 1 aliphatic rings. The molecule has 1 N–H and O–H groups in total. The van der Waals surface area contributed by atoms with Crippen LogP contribution in [0, 0.1) is 6.92 Å². The van der Waals surface area contributed by atoms with Gasteiger partial charge in [-0.05, 0) is 26.0 Å². The quantitative estimate of drug-likeness (QED) is 0.819. The van der Waals surface area contributed by atoms with Crippen LogP contribution in [-0.4, -0.2) is 56.6 Å². The number of aromatic nitrogens is 1. The van der Waals surface area contributed by atoms with E-state index in [0.29, 0.717) is 23.8 Å². The molecular weight excluding hydrogens is 384 g/mol. The molecule has 1 atom stereocenters. The van der Waals surface area contributed by atoms with Crippen molar-refractivity contribution in [3.8, 4) is 0 Å². The Balaban J connectivity index is 1.60. The molecule has 0 radical (unpaired) electrons. The van der Waals surface area contributed by atoms with E-state index >= 15 is 0 Å². The van der Waals surface area contributed by atoms with Gasteiger partial charge in [-0.15, -0.1) is 11.3 Å². The second-order valence-electron chi connectivity index (χ2n) is 6.80. The second-order valence-corrected chi connectivity index (χ2v) is 9.47. The summed E-state index contributed by atoms with van der Waals surface area (Å²) in [7, 11) is -3.32. The van der Waals surface area contributed by atoms with Gasteiger partial charge < -0.3 is 9.80 Å². The monoisotopic (exact) mass is 408 g/mol. The molecule has 0 unspecified atom stereocenters. The first kappa shape index (κ1) is 19.8. The number of nitrogens with one attached hydrogen (secondary N) is 1. The molecule has 3 rings (SSSR count). The second kappa shape index (κ2) is 7.95. The highest BCUT2D eigenvalue weighted by Gasteiger charge is 2.25. The summed E-state index contributed by atoms with van der Waals surface area (Å²) >= 11 is 1.29. The van der Waals surface area contributed by atoms with Crippen LogP contribution in [0.1, 0.15) is 34.0 Å². The number of hydrogen-bond donors (Lipinski definition) is 1. The maximum Gasteiger partial charge on any atom is 0.273 e. The number of sulfonamides is 1. The lowest BCUT2D eigenvalue weighted by Gasteiger charge is -2.35. The maximum atomic E-state index is 12.7. The number of benzene rings is 1. The van der Waals surface area contributed by atoms with E-state index in [9.17, 15) is 13.2 Å². The van der Waals surface area contributed by atoms with Crippen LogP contribution < -0.4 is 9.62 Å². The summed E-state index contributed by atoms with van der Waals surface area (Å²) in [6.45, 7) is 6.60. The average Bonchev–Trinajstić information content (AvgIpc) is 3.11. The molecule has 146 valence electrons. The van der Waals surface area contributed by atoms with Crippen LogP contribution in [0.3, 0.4) is 0 Å². The molecule has 0 spiro atoms. The van der Waals surface area contributed by atoms with Crippen molar-refractivity contribution in [2.45, 2.75) is 19.9 Å². The van der Waals surface area contributed by atoms with E-state index < -0.39 is 16.1 Å². The Morgan fingerprint density at radius 3 is 2.41 bits per heavy atom. The summed E-state index contributed by atoms with van der Waals surface area (Å²) < 4.78 is 25.2. The van der Waals surface area contributed by atoms with Crippen LogP contribution >= 0.6 is 11.3 Å². The summed E-state index contributed by atoms with van der Waals surface area (Å²) in [6, 6.07) is 7.95. The Bertz CT molecular complexity index is 901. The molecule has 0 aliphatic carbocycles. The number of carbonyl (C=O) groups is 1. The smallest absolute Gasteiger partial charge is 0.273 e. The number of anilines is 1. The van der Waals surface area contributed by atoms with Crippen molar-refractivity contribution in [1.82, 2.24) is 14.6 Å². The lowest BCUT2D eigenvalue weighted by Crippen LogP contribution is -2.48. The van der Waals surface area contributed by atoms with Crippen molar-refractivity contribution in [1.29, 1.82) is 0 Å². The highest BCUT2D eigenvalue weighted by Crippen LogP contribution is 2.21. The van der Waals surface area contributed by atoms with Crippen molar-refractivity contribution in [2.75, 3.05) is 37.3 Å². The van der Waals surface area contributed by atoms with E-state index in [1.165, 1.54) is 22.6 Å². The molecule has 0 bridgehead atoms. The van der Waals surface area contributed by atoms with Crippen LogP contribution in [0.4, 0.5) is 5.69 Å². The van der Waals surface area contributed by atoms with E-state index in [1.54, 1.807) is 17.2 Å². The van der Waals surface area contributed by atoms with Gasteiger partial charge in [0, 0.05) is 37.2 Å². The molecule has 1 aromatic heterocycles. The number of amides is 1. The fourth-order valence-corrected chi connectivity index (χ4v) is 4.67. The largest absolute Gasteiger partial charge is 0.368 e. The number of thiazole rings is 1. The van der Waals surface area contributed by atoms with Crippen LogP contribution in [0.25, 0.3) is 0 Å². The number of piperazine rings is 1. The van der Waals surface area contributed by atoms with Gasteiger partial charge in [0.15, 0.2) is 0 Å². The molecule has 0 saturated carbocycles. The first-order valence-electron chi connectivity index (χ1n) is 8.76. The highest BCUT2D eigenvalue weighted by atomic mass is 32.2. The normalized spacial score (nSPS) is 16.4. The summed E-state index contributed by atoms with van der Waals surface area (Å²) in [4.78, 5) is 21.1. The molecule has 1 amide bonds. The molecule has 9 heteroatoms. The van der Waals surface area contributed by atoms with Crippen molar-refractivity contribution in [3.05, 3.63) is 45.9 Å². The average molecular weight is 409 g/mol. The Labute approximate surface area is 164 Å². The topological polar surface area (TPSA) is 82.6 Å². The molecule has 1 fully saturated rings. The van der Waals surface area contributed by atoms with Crippen LogP contribution in [0.5, 0.6) is 0 Å². The molecule has 1 aliphatic heterocycles. The Kier molecular flexibility index (Phi) is 5.83. The lowest BCUT2D eigenvalue weighted by atomic mass is 10.2. The predicted molar refractivity (Wildman–Crippen MR) is 108 cm³/mol. The molecule has 7 nitrogen and oxygen atoms in total. The van der Waals surface area contributed by atoms with Gasteiger partial charge in [0.2, 0.25) is 10.0 Å². The zero-order valence-electron chi connectivity index (χ0n) is 15.7. The zero-order chi connectivity index (χ0) is 19.6. The number of hydrogen-bond acceptors (Lipinski definition) is 6. The lowest BCUT2D eigenvalue weighted by molar-refractivity contribution is 0.0741. The van der Waals surface area contributed by atoms with Gasteiger partial charge in [0.1, 0.15) is 10.7 Å². The Morgan fingerprint density at radius 1 is 1.19 bits per heavy atom. The number of nitrogens with zero attached hydrogens (tertiary/aromatic N) is 3. The van der Waals surface area contributed by atoms with Gasteiger partial charge in [-0.3, -0.25) is 4.79 Å². The third-order valence-corrected chi connectivity index (χ3v) is 6.28. The predicted octanol–water partition coefficient (Wildman–Crippen LogP) is 2.02. The minimum atomic E-state index is -3.32. The molecule has 2 heterocycles. The van der Waals surface area contributed by atoms with Gasteiger partial charge in [0.05, 0.1) is 12.3 Å². The SMILES string of the molecule is Cc1ccc(N2CCN(C(=O)c3csc([C@H](C)NS(C)(=O)=O)n3)CC2)cc1. The zero-order valence-corrected chi connectivity index (χ0v) is 17.3. The van der Waals surface area contributed by atoms with Crippen molar-refractivity contribution in [3.63, 3.8) is 0 Å². The Hall–Kier alpha value is -1.97. The highest BCUT2D eigenvalue weighted by molar-refractivity contribution is 7.88. The van der Waals surface area contributed by atoms with Gasteiger partial charge in [0.25, 0.3) is 5.91 Å². The Morgan fingerprint density at radius 2 is 1.81 bits per heavy atom. The summed E-state index contributed by atoms with van der Waals surface area (Å²) in [5, 5.41) is 2.28. The van der Waals surface area contributed by atoms with Crippen molar-refractivity contribution >= 4 is 33.0 Å². The van der Waals surface area contributed by atoms with E-state index in [0.717, 1.165) is 19.3 Å². The fraction of sp³-hybridized carbons (Fsp3) is 0.444. The van der Waals surface area contributed by atoms with Crippen LogP contribution in [0.2, 0.25) is 0 Å². The fourth-order valence-electron chi connectivity index (χ4n) is 3.04. The standard InChI is InChI=1S/C18H24N4O3S2/c1-13-4-6-15(7-5-13)21-8-10-22(11-9-21)18(23)16-12-26-17(19-16)14(2)20-27(3,24)25/h4-7,12,14,20H,8-11H2,1-3H3/t14-/m0/s1. The van der Waals surface area contributed by atoms with E-state index in [-0.39, 0.29) is 5.91 Å². The number of carbonyl (C=O) groups excluding carboxylic acids is 1. The first-order valence-corrected chi connectivity index (χ1v) is 11.5. The first-order chi connectivity index (χ1) is 12.7. The van der Waals surface area contributed by atoms with Gasteiger partial charge in [-0.2, -0.15) is 0 Å². The summed E-state index contributed by atoms with van der Waals surface area (Å²) in [5.41, 5.74) is 2.77. The summed E-state index contributed by atoms with van der Waals surface area (Å²) in [5.74, 6) is -0.104. The third-order valence-electron chi connectivity index (χ3n) is 4.47. The minimum Gasteiger partial charge on any atom is -0.368 e. The van der Waals surface area contributed by atoms with Gasteiger partial charge in [-0.25, -0.2) is 18.1 Å². The van der Waals surface area contributed by atoms with E-state index in [4.69, 9.17) is 0 Å². The number of rotatable bonds is 5. The van der Waals surface area contributed by atoms with Gasteiger partial charge in [-0.1, -0.05) is 17.7 Å². The van der Waals surface area contributed by atoms with E-state index in [2.05, 4.69) is 45.8 Å². The minimum absolute atomic E-state index is 0.104. The van der Waals surface area contributed by atoms with Gasteiger partial charge >= 0.3 is 0 Å². The van der Waals surface area contributed by atoms with Crippen LogP contribution in [0.15, 0.2) is 29.6 Å². The van der Waals surface area contributed by atoms with Crippen molar-refractivity contribution in [2.24, 2.45) is 0 Å².